The Labute approximate surface area is 198 Å². The van der Waals surface area contributed by atoms with Crippen molar-refractivity contribution in [2.45, 2.75) is 5.60 Å². The molecule has 0 aliphatic heterocycles. The van der Waals surface area contributed by atoms with E-state index < -0.39 is 5.60 Å². The molecule has 0 saturated carbocycles. The molecule has 0 radical (unpaired) electrons. The molecule has 33 heavy (non-hydrogen) atoms. The largest absolute Gasteiger partial charge is 0.376 e. The molecule has 0 spiro atoms. The first-order valence-electron chi connectivity index (χ1n) is 11.0. The number of halogens is 1. The summed E-state index contributed by atoms with van der Waals surface area (Å²) in [5, 5.41) is 13.5. The van der Waals surface area contributed by atoms with E-state index in [0.717, 1.165) is 50.1 Å². The lowest BCUT2D eigenvalue weighted by molar-refractivity contribution is 0.128. The summed E-state index contributed by atoms with van der Waals surface area (Å²) in [6.45, 7) is 0. The van der Waals surface area contributed by atoms with Crippen molar-refractivity contribution in [2.24, 2.45) is 0 Å². The maximum absolute atomic E-state index is 12.9. The van der Waals surface area contributed by atoms with Crippen molar-refractivity contribution in [3.05, 3.63) is 143 Å². The van der Waals surface area contributed by atoms with Gasteiger partial charge in [0.1, 0.15) is 5.60 Å². The van der Waals surface area contributed by atoms with E-state index in [1.807, 2.05) is 78.9 Å². The second kappa shape index (κ2) is 7.74. The Morgan fingerprint density at radius 3 is 1.39 bits per heavy atom. The minimum Gasteiger partial charge on any atom is -0.376 e. The highest BCUT2D eigenvalue weighted by molar-refractivity contribution is 6.30. The van der Waals surface area contributed by atoms with E-state index in [-0.39, 0.29) is 0 Å². The quantitative estimate of drug-likeness (QED) is 0.293. The number of hydrogen-bond donors (Lipinski definition) is 1. The van der Waals surface area contributed by atoms with Crippen molar-refractivity contribution in [3.63, 3.8) is 0 Å². The first kappa shape index (κ1) is 20.0. The highest BCUT2D eigenvalue weighted by atomic mass is 35.5. The van der Waals surface area contributed by atoms with E-state index in [0.29, 0.717) is 5.02 Å². The Balaban J connectivity index is 1.76. The fraction of sp³-hybridized carbons (Fsp3) is 0.0323. The molecule has 1 aliphatic rings. The van der Waals surface area contributed by atoms with Crippen LogP contribution in [0.3, 0.4) is 0 Å². The number of rotatable bonds is 2. The molecule has 1 aliphatic carbocycles. The van der Waals surface area contributed by atoms with Crippen LogP contribution in [0.1, 0.15) is 16.7 Å². The Bertz CT molecular complexity index is 1430. The maximum atomic E-state index is 12.9. The Kier molecular flexibility index (Phi) is 4.69. The van der Waals surface area contributed by atoms with E-state index in [1.165, 1.54) is 0 Å². The van der Waals surface area contributed by atoms with Crippen LogP contribution in [0.15, 0.2) is 121 Å². The fourth-order valence-electron chi connectivity index (χ4n) is 5.16. The second-order valence-electron chi connectivity index (χ2n) is 8.40. The SMILES string of the molecule is OC1(c2ccccc2-c2cccc(Cl)c2)c2ccccc2-c2ccccc2-c2ccccc21. The highest BCUT2D eigenvalue weighted by Gasteiger charge is 2.41. The topological polar surface area (TPSA) is 20.2 Å². The predicted octanol–water partition coefficient (Wildman–Crippen LogP) is 7.94. The van der Waals surface area contributed by atoms with Gasteiger partial charge in [-0.15, -0.1) is 0 Å². The van der Waals surface area contributed by atoms with Gasteiger partial charge in [0.05, 0.1) is 0 Å². The Morgan fingerprint density at radius 1 is 0.455 bits per heavy atom. The molecule has 0 fully saturated rings. The zero-order chi connectivity index (χ0) is 22.4. The average molecular weight is 445 g/mol. The molecule has 0 atom stereocenters. The van der Waals surface area contributed by atoms with Crippen LogP contribution in [-0.4, -0.2) is 5.11 Å². The van der Waals surface area contributed by atoms with Gasteiger partial charge in [-0.2, -0.15) is 0 Å². The molecule has 0 saturated heterocycles. The van der Waals surface area contributed by atoms with Crippen LogP contribution in [0.25, 0.3) is 33.4 Å². The van der Waals surface area contributed by atoms with Crippen LogP contribution in [0, 0.1) is 0 Å². The van der Waals surface area contributed by atoms with Gasteiger partial charge in [0.15, 0.2) is 0 Å². The Morgan fingerprint density at radius 2 is 0.879 bits per heavy atom. The van der Waals surface area contributed by atoms with Crippen molar-refractivity contribution in [3.8, 4) is 33.4 Å². The number of fused-ring (bicyclic) bond motifs is 5. The van der Waals surface area contributed by atoms with E-state index >= 15 is 0 Å². The Hall–Kier alpha value is -3.65. The molecule has 0 aromatic heterocycles. The summed E-state index contributed by atoms with van der Waals surface area (Å²) in [5.74, 6) is 0. The van der Waals surface area contributed by atoms with Crippen molar-refractivity contribution >= 4 is 11.6 Å². The van der Waals surface area contributed by atoms with Gasteiger partial charge >= 0.3 is 0 Å². The average Bonchev–Trinajstić information content (AvgIpc) is 2.97. The number of hydrogen-bond acceptors (Lipinski definition) is 1. The molecule has 0 heterocycles. The molecule has 5 aromatic carbocycles. The van der Waals surface area contributed by atoms with Crippen LogP contribution in [0.2, 0.25) is 5.02 Å². The first-order valence-corrected chi connectivity index (χ1v) is 11.4. The van der Waals surface area contributed by atoms with E-state index in [4.69, 9.17) is 11.6 Å². The lowest BCUT2D eigenvalue weighted by Crippen LogP contribution is -2.30. The summed E-state index contributed by atoms with van der Waals surface area (Å²) in [6.07, 6.45) is 0. The number of aliphatic hydroxyl groups is 1. The monoisotopic (exact) mass is 444 g/mol. The van der Waals surface area contributed by atoms with Crippen LogP contribution in [-0.2, 0) is 5.60 Å². The standard InChI is InChI=1S/C31H21ClO/c32-22-11-9-10-21(20-22)23-12-3-6-17-28(23)31(33)29-18-7-4-15-26(29)24-13-1-2-14-25(24)27-16-5-8-19-30(27)31/h1-20,33H. The van der Waals surface area contributed by atoms with E-state index in [2.05, 4.69) is 42.5 Å². The van der Waals surface area contributed by atoms with Crippen LogP contribution < -0.4 is 0 Å². The van der Waals surface area contributed by atoms with Gasteiger partial charge in [-0.25, -0.2) is 0 Å². The lowest BCUT2D eigenvalue weighted by atomic mass is 9.75. The first-order chi connectivity index (χ1) is 16.2. The minimum atomic E-state index is -1.36. The molecule has 158 valence electrons. The summed E-state index contributed by atoms with van der Waals surface area (Å²) < 4.78 is 0. The molecule has 1 N–H and O–H groups in total. The molecule has 0 bridgehead atoms. The maximum Gasteiger partial charge on any atom is 0.142 e. The van der Waals surface area contributed by atoms with E-state index in [9.17, 15) is 5.11 Å². The van der Waals surface area contributed by atoms with Gasteiger partial charge < -0.3 is 5.11 Å². The molecule has 0 unspecified atom stereocenters. The third-order valence-corrected chi connectivity index (χ3v) is 6.83. The van der Waals surface area contributed by atoms with Crippen molar-refractivity contribution in [1.82, 2.24) is 0 Å². The van der Waals surface area contributed by atoms with Gasteiger partial charge in [0.2, 0.25) is 0 Å². The van der Waals surface area contributed by atoms with E-state index in [1.54, 1.807) is 0 Å². The lowest BCUT2D eigenvalue weighted by Gasteiger charge is -2.33. The van der Waals surface area contributed by atoms with Crippen LogP contribution >= 0.6 is 11.6 Å². The second-order valence-corrected chi connectivity index (χ2v) is 8.84. The zero-order valence-electron chi connectivity index (χ0n) is 17.9. The van der Waals surface area contributed by atoms with Crippen molar-refractivity contribution in [1.29, 1.82) is 0 Å². The summed E-state index contributed by atoms with van der Waals surface area (Å²) in [5.41, 5.74) is 7.47. The summed E-state index contributed by atoms with van der Waals surface area (Å²) in [6, 6.07) is 40.7. The predicted molar refractivity (Wildman–Crippen MR) is 136 cm³/mol. The third-order valence-electron chi connectivity index (χ3n) is 6.59. The van der Waals surface area contributed by atoms with Crippen LogP contribution in [0.5, 0.6) is 0 Å². The third kappa shape index (κ3) is 3.05. The highest BCUT2D eigenvalue weighted by Crippen LogP contribution is 2.51. The molecule has 0 amide bonds. The van der Waals surface area contributed by atoms with Gasteiger partial charge in [-0.1, -0.05) is 121 Å². The van der Waals surface area contributed by atoms with Crippen molar-refractivity contribution in [2.75, 3.05) is 0 Å². The molecule has 5 aromatic rings. The molecule has 1 nitrogen and oxygen atoms in total. The normalized spacial score (nSPS) is 13.4. The van der Waals surface area contributed by atoms with Crippen molar-refractivity contribution < 1.29 is 5.11 Å². The van der Waals surface area contributed by atoms with Gasteiger partial charge in [0.25, 0.3) is 0 Å². The summed E-state index contributed by atoms with van der Waals surface area (Å²) in [7, 11) is 0. The molecule has 2 heteroatoms. The molecule has 6 rings (SSSR count). The summed E-state index contributed by atoms with van der Waals surface area (Å²) >= 11 is 6.35. The molecular formula is C31H21ClO. The van der Waals surface area contributed by atoms with Gasteiger partial charge in [0, 0.05) is 21.7 Å². The van der Waals surface area contributed by atoms with Gasteiger partial charge in [-0.3, -0.25) is 0 Å². The summed E-state index contributed by atoms with van der Waals surface area (Å²) in [4.78, 5) is 0. The minimum absolute atomic E-state index is 0.670. The zero-order valence-corrected chi connectivity index (χ0v) is 18.6. The number of benzene rings is 5. The smallest absolute Gasteiger partial charge is 0.142 e. The molecular weight excluding hydrogens is 424 g/mol. The fourth-order valence-corrected chi connectivity index (χ4v) is 5.35. The van der Waals surface area contributed by atoms with Crippen LogP contribution in [0.4, 0.5) is 0 Å². The van der Waals surface area contributed by atoms with Gasteiger partial charge in [-0.05, 0) is 45.5 Å².